The van der Waals surface area contributed by atoms with Crippen LogP contribution in [0.15, 0.2) is 72.8 Å². The lowest BCUT2D eigenvalue weighted by molar-refractivity contribution is 0.0526. The number of benzene rings is 3. The molecule has 3 nitrogen and oxygen atoms in total. The van der Waals surface area contributed by atoms with Crippen LogP contribution in [0.2, 0.25) is 10.0 Å². The maximum absolute atomic E-state index is 11.8. The normalized spacial score (nSPS) is 10.8. The van der Waals surface area contributed by atoms with Crippen molar-refractivity contribution in [3.05, 3.63) is 99.5 Å². The van der Waals surface area contributed by atoms with Crippen molar-refractivity contribution >= 4 is 34.9 Å². The van der Waals surface area contributed by atoms with Gasteiger partial charge in [0.25, 0.3) is 0 Å². The van der Waals surface area contributed by atoms with Crippen molar-refractivity contribution in [2.24, 2.45) is 0 Å². The van der Waals surface area contributed by atoms with Gasteiger partial charge in [-0.05, 0) is 73.0 Å². The zero-order chi connectivity index (χ0) is 20.6. The van der Waals surface area contributed by atoms with E-state index in [0.717, 1.165) is 28.7 Å². The third kappa shape index (κ3) is 5.99. The number of halogens is 2. The molecule has 0 radical (unpaired) electrons. The van der Waals surface area contributed by atoms with Gasteiger partial charge in [0.1, 0.15) is 0 Å². The van der Waals surface area contributed by atoms with Crippen LogP contribution in [0, 0.1) is 0 Å². The lowest BCUT2D eigenvalue weighted by Crippen LogP contribution is -2.10. The van der Waals surface area contributed by atoms with Gasteiger partial charge < -0.3 is 10.1 Å². The molecule has 0 saturated carbocycles. The number of rotatable bonds is 8. The van der Waals surface area contributed by atoms with Crippen LogP contribution in [-0.2, 0) is 4.74 Å². The number of esters is 1. The Balaban J connectivity index is 1.68. The summed E-state index contributed by atoms with van der Waals surface area (Å²) >= 11 is 12.1. The first-order valence-electron chi connectivity index (χ1n) is 9.59. The molecule has 0 aliphatic carbocycles. The van der Waals surface area contributed by atoms with Gasteiger partial charge in [-0.3, -0.25) is 0 Å². The predicted molar refractivity (Wildman–Crippen MR) is 120 cm³/mol. The fourth-order valence-corrected chi connectivity index (χ4v) is 3.47. The summed E-state index contributed by atoms with van der Waals surface area (Å²) in [6.45, 7) is 2.94. The van der Waals surface area contributed by atoms with Gasteiger partial charge in [-0.1, -0.05) is 47.5 Å². The van der Waals surface area contributed by atoms with Crippen molar-refractivity contribution in [3.63, 3.8) is 0 Å². The highest BCUT2D eigenvalue weighted by Gasteiger charge is 2.14. The van der Waals surface area contributed by atoms with Crippen molar-refractivity contribution in [3.8, 4) is 0 Å². The van der Waals surface area contributed by atoms with Crippen molar-refractivity contribution in [1.29, 1.82) is 0 Å². The molecule has 0 aromatic heterocycles. The summed E-state index contributed by atoms with van der Waals surface area (Å²) in [5, 5.41) is 4.88. The molecule has 0 atom stereocenters. The fraction of sp³-hybridized carbons (Fsp3) is 0.208. The summed E-state index contributed by atoms with van der Waals surface area (Å²) in [4.78, 5) is 11.8. The first-order chi connectivity index (χ1) is 14.1. The van der Waals surface area contributed by atoms with Gasteiger partial charge in [-0.2, -0.15) is 0 Å². The molecule has 0 heterocycles. The Kier molecular flexibility index (Phi) is 7.56. The van der Waals surface area contributed by atoms with E-state index in [1.165, 1.54) is 11.1 Å². The molecule has 0 amide bonds. The average molecular weight is 428 g/mol. The second-order valence-corrected chi connectivity index (χ2v) is 7.54. The van der Waals surface area contributed by atoms with Gasteiger partial charge in [0, 0.05) is 28.2 Å². The predicted octanol–water partition coefficient (Wildman–Crippen LogP) is 6.80. The van der Waals surface area contributed by atoms with E-state index in [2.05, 4.69) is 29.6 Å². The maximum atomic E-state index is 11.8. The van der Waals surface area contributed by atoms with E-state index >= 15 is 0 Å². The van der Waals surface area contributed by atoms with Crippen LogP contribution in [0.25, 0.3) is 0 Å². The Morgan fingerprint density at radius 2 is 1.38 bits per heavy atom. The number of nitrogens with one attached hydrogen (secondary N) is 1. The summed E-state index contributed by atoms with van der Waals surface area (Å²) in [7, 11) is 0. The summed E-state index contributed by atoms with van der Waals surface area (Å²) < 4.78 is 5.02. The van der Waals surface area contributed by atoms with Gasteiger partial charge in [0.2, 0.25) is 0 Å². The van der Waals surface area contributed by atoms with E-state index in [-0.39, 0.29) is 11.9 Å². The average Bonchev–Trinajstić information content (AvgIpc) is 2.74. The highest BCUT2D eigenvalue weighted by Crippen LogP contribution is 2.30. The zero-order valence-corrected chi connectivity index (χ0v) is 17.7. The van der Waals surface area contributed by atoms with Crippen LogP contribution < -0.4 is 5.32 Å². The third-order valence-electron chi connectivity index (χ3n) is 4.70. The van der Waals surface area contributed by atoms with Crippen LogP contribution in [0.4, 0.5) is 5.69 Å². The molecular formula is C24H23Cl2NO2. The molecule has 3 aromatic rings. The van der Waals surface area contributed by atoms with Crippen LogP contribution in [0.5, 0.6) is 0 Å². The molecule has 0 aliphatic heterocycles. The molecule has 150 valence electrons. The molecular weight excluding hydrogens is 405 g/mol. The first kappa shape index (κ1) is 21.2. The van der Waals surface area contributed by atoms with Crippen molar-refractivity contribution < 1.29 is 9.53 Å². The smallest absolute Gasteiger partial charge is 0.338 e. The number of hydrogen-bond donors (Lipinski definition) is 1. The molecule has 3 aromatic carbocycles. The molecule has 1 N–H and O–H groups in total. The first-order valence-corrected chi connectivity index (χ1v) is 10.3. The Hall–Kier alpha value is -2.49. The number of ether oxygens (including phenoxy) is 1. The molecule has 0 aliphatic rings. The molecule has 3 rings (SSSR count). The minimum atomic E-state index is -0.301. The fourth-order valence-electron chi connectivity index (χ4n) is 3.22. The van der Waals surface area contributed by atoms with Crippen molar-refractivity contribution in [2.45, 2.75) is 19.3 Å². The summed E-state index contributed by atoms with van der Waals surface area (Å²) in [6, 6.07) is 23.3. The van der Waals surface area contributed by atoms with E-state index in [1.807, 2.05) is 36.4 Å². The second-order valence-electron chi connectivity index (χ2n) is 6.67. The van der Waals surface area contributed by atoms with Crippen LogP contribution >= 0.6 is 23.2 Å². The van der Waals surface area contributed by atoms with E-state index in [1.54, 1.807) is 19.1 Å². The highest BCUT2D eigenvalue weighted by molar-refractivity contribution is 6.30. The van der Waals surface area contributed by atoms with Crippen LogP contribution in [-0.4, -0.2) is 19.1 Å². The summed E-state index contributed by atoms with van der Waals surface area (Å²) in [5.74, 6) is -0.0829. The molecule has 29 heavy (non-hydrogen) atoms. The van der Waals surface area contributed by atoms with Gasteiger partial charge in [0.05, 0.1) is 12.2 Å². The highest BCUT2D eigenvalue weighted by atomic mass is 35.5. The molecule has 0 saturated heterocycles. The Labute approximate surface area is 181 Å². The Bertz CT molecular complexity index is 877. The Morgan fingerprint density at radius 3 is 1.86 bits per heavy atom. The maximum Gasteiger partial charge on any atom is 0.338 e. The molecule has 0 spiro atoms. The quantitative estimate of drug-likeness (QED) is 0.401. The topological polar surface area (TPSA) is 38.3 Å². The lowest BCUT2D eigenvalue weighted by atomic mass is 9.88. The van der Waals surface area contributed by atoms with Crippen LogP contribution in [0.1, 0.15) is 40.7 Å². The number of anilines is 1. The SMILES string of the molecule is CCOC(=O)c1ccc(NCCC(c2ccc(Cl)cc2)c2ccc(Cl)cc2)cc1. The summed E-state index contributed by atoms with van der Waals surface area (Å²) in [5.41, 5.74) is 3.92. The minimum absolute atomic E-state index is 0.218. The molecule has 0 bridgehead atoms. The summed E-state index contributed by atoms with van der Waals surface area (Å²) in [6.07, 6.45) is 0.892. The zero-order valence-electron chi connectivity index (χ0n) is 16.2. The van der Waals surface area contributed by atoms with Crippen LogP contribution in [0.3, 0.4) is 0 Å². The van der Waals surface area contributed by atoms with E-state index in [0.29, 0.717) is 12.2 Å². The van der Waals surface area contributed by atoms with E-state index in [4.69, 9.17) is 27.9 Å². The monoisotopic (exact) mass is 427 g/mol. The Morgan fingerprint density at radius 1 is 0.862 bits per heavy atom. The number of carbonyl (C=O) groups is 1. The van der Waals surface area contributed by atoms with Gasteiger partial charge >= 0.3 is 5.97 Å². The van der Waals surface area contributed by atoms with Gasteiger partial charge in [-0.25, -0.2) is 4.79 Å². The second kappa shape index (κ2) is 10.3. The van der Waals surface area contributed by atoms with E-state index < -0.39 is 0 Å². The van der Waals surface area contributed by atoms with Gasteiger partial charge in [0.15, 0.2) is 0 Å². The van der Waals surface area contributed by atoms with Crippen molar-refractivity contribution in [1.82, 2.24) is 0 Å². The molecule has 0 fully saturated rings. The third-order valence-corrected chi connectivity index (χ3v) is 5.21. The lowest BCUT2D eigenvalue weighted by Gasteiger charge is -2.19. The minimum Gasteiger partial charge on any atom is -0.462 e. The van der Waals surface area contributed by atoms with Gasteiger partial charge in [-0.15, -0.1) is 0 Å². The molecule has 0 unspecified atom stereocenters. The van der Waals surface area contributed by atoms with E-state index in [9.17, 15) is 4.79 Å². The standard InChI is InChI=1S/C24H23Cl2NO2/c1-2-29-24(28)19-7-13-22(14-8-19)27-16-15-23(17-3-9-20(25)10-4-17)18-5-11-21(26)12-6-18/h3-14,23,27H,2,15-16H2,1H3. The number of hydrogen-bond acceptors (Lipinski definition) is 3. The number of carbonyl (C=O) groups excluding carboxylic acids is 1. The molecule has 5 heteroatoms. The van der Waals surface area contributed by atoms with Crippen molar-refractivity contribution in [2.75, 3.05) is 18.5 Å². The largest absolute Gasteiger partial charge is 0.462 e.